The fourth-order valence-corrected chi connectivity index (χ4v) is 2.76. The van der Waals surface area contributed by atoms with Crippen LogP contribution in [-0.4, -0.2) is 5.11 Å². The highest BCUT2D eigenvalue weighted by Gasteiger charge is 2.16. The molecule has 0 aliphatic rings. The Morgan fingerprint density at radius 2 is 2.00 bits per heavy atom. The van der Waals surface area contributed by atoms with Gasteiger partial charge in [0.25, 0.3) is 0 Å². The van der Waals surface area contributed by atoms with E-state index >= 15 is 0 Å². The molecule has 1 heterocycles. The van der Waals surface area contributed by atoms with E-state index in [1.807, 2.05) is 31.2 Å². The van der Waals surface area contributed by atoms with E-state index in [9.17, 15) is 9.50 Å². The van der Waals surface area contributed by atoms with Crippen LogP contribution in [0, 0.1) is 12.7 Å². The Bertz CT molecular complexity index is 795. The van der Waals surface area contributed by atoms with Crippen molar-refractivity contribution in [1.82, 2.24) is 0 Å². The minimum absolute atomic E-state index is 0.171. The van der Waals surface area contributed by atoms with E-state index in [-0.39, 0.29) is 12.2 Å². The predicted octanol–water partition coefficient (Wildman–Crippen LogP) is 4.92. The standard InChI is InChI=1S/C17H14BrFO2/c1-10-2-5-16-12(6-10)9-17(21-16)15(20)8-11-7-13(18)3-4-14(11)19/h2-7,9,15,20H,8H2,1H3. The zero-order valence-corrected chi connectivity index (χ0v) is 13.0. The first-order valence-electron chi connectivity index (χ1n) is 6.65. The number of aliphatic hydroxyl groups is 1. The van der Waals surface area contributed by atoms with Gasteiger partial charge >= 0.3 is 0 Å². The normalized spacial score (nSPS) is 12.8. The Labute approximate surface area is 130 Å². The van der Waals surface area contributed by atoms with Gasteiger partial charge < -0.3 is 9.52 Å². The van der Waals surface area contributed by atoms with Crippen molar-refractivity contribution >= 4 is 26.9 Å². The van der Waals surface area contributed by atoms with Gasteiger partial charge in [0, 0.05) is 16.3 Å². The molecule has 3 rings (SSSR count). The van der Waals surface area contributed by atoms with Crippen molar-refractivity contribution in [2.24, 2.45) is 0 Å². The lowest BCUT2D eigenvalue weighted by Gasteiger charge is -2.09. The highest BCUT2D eigenvalue weighted by atomic mass is 79.9. The second-order valence-electron chi connectivity index (χ2n) is 5.15. The second kappa shape index (κ2) is 5.62. The summed E-state index contributed by atoms with van der Waals surface area (Å²) >= 11 is 3.31. The number of aliphatic hydroxyl groups excluding tert-OH is 1. The van der Waals surface area contributed by atoms with E-state index in [4.69, 9.17) is 4.42 Å². The fraction of sp³-hybridized carbons (Fsp3) is 0.176. The monoisotopic (exact) mass is 348 g/mol. The van der Waals surface area contributed by atoms with Crippen LogP contribution in [0.5, 0.6) is 0 Å². The summed E-state index contributed by atoms with van der Waals surface area (Å²) in [5.41, 5.74) is 2.31. The maximum atomic E-state index is 13.7. The fourth-order valence-electron chi connectivity index (χ4n) is 2.36. The van der Waals surface area contributed by atoms with Gasteiger partial charge in [0.05, 0.1) is 0 Å². The molecule has 0 fully saturated rings. The number of hydrogen-bond acceptors (Lipinski definition) is 2. The summed E-state index contributed by atoms with van der Waals surface area (Å²) in [5, 5.41) is 11.2. The van der Waals surface area contributed by atoms with Crippen molar-refractivity contribution in [2.45, 2.75) is 19.4 Å². The summed E-state index contributed by atoms with van der Waals surface area (Å²) < 4.78 is 20.2. The van der Waals surface area contributed by atoms with Crippen molar-refractivity contribution in [3.05, 3.63) is 69.6 Å². The lowest BCUT2D eigenvalue weighted by molar-refractivity contribution is 0.151. The summed E-state index contributed by atoms with van der Waals surface area (Å²) in [6.07, 6.45) is -0.703. The third-order valence-electron chi connectivity index (χ3n) is 3.44. The zero-order chi connectivity index (χ0) is 15.0. The molecular formula is C17H14BrFO2. The number of furan rings is 1. The maximum absolute atomic E-state index is 13.7. The van der Waals surface area contributed by atoms with Crippen LogP contribution in [0.3, 0.4) is 0 Å². The molecule has 0 saturated heterocycles. The molecule has 0 amide bonds. The minimum atomic E-state index is -0.874. The number of halogens is 2. The summed E-state index contributed by atoms with van der Waals surface area (Å²) in [4.78, 5) is 0. The minimum Gasteiger partial charge on any atom is -0.458 e. The molecule has 1 aromatic heterocycles. The maximum Gasteiger partial charge on any atom is 0.134 e. The summed E-state index contributed by atoms with van der Waals surface area (Å²) in [7, 11) is 0. The Balaban J connectivity index is 1.89. The Hall–Kier alpha value is -1.65. The van der Waals surface area contributed by atoms with Gasteiger partial charge in [-0.25, -0.2) is 4.39 Å². The van der Waals surface area contributed by atoms with Gasteiger partial charge in [-0.1, -0.05) is 27.6 Å². The quantitative estimate of drug-likeness (QED) is 0.728. The molecule has 4 heteroatoms. The molecule has 1 unspecified atom stereocenters. The van der Waals surface area contributed by atoms with E-state index in [1.165, 1.54) is 6.07 Å². The number of benzene rings is 2. The molecule has 0 bridgehead atoms. The lowest BCUT2D eigenvalue weighted by atomic mass is 10.1. The van der Waals surface area contributed by atoms with Gasteiger partial charge in [0.2, 0.25) is 0 Å². The average Bonchev–Trinajstić information content (AvgIpc) is 2.86. The van der Waals surface area contributed by atoms with Crippen LogP contribution < -0.4 is 0 Å². The molecule has 0 spiro atoms. The molecular weight excluding hydrogens is 335 g/mol. The van der Waals surface area contributed by atoms with Gasteiger partial charge in [-0.3, -0.25) is 0 Å². The van der Waals surface area contributed by atoms with Gasteiger partial charge in [-0.05, 0) is 48.9 Å². The Morgan fingerprint density at radius 1 is 1.19 bits per heavy atom. The first-order chi connectivity index (χ1) is 10.0. The topological polar surface area (TPSA) is 33.4 Å². The van der Waals surface area contributed by atoms with Gasteiger partial charge in [-0.2, -0.15) is 0 Å². The van der Waals surface area contributed by atoms with Crippen LogP contribution in [0.4, 0.5) is 4.39 Å². The van der Waals surface area contributed by atoms with E-state index < -0.39 is 6.10 Å². The van der Waals surface area contributed by atoms with Crippen molar-refractivity contribution in [2.75, 3.05) is 0 Å². The van der Waals surface area contributed by atoms with E-state index in [2.05, 4.69) is 15.9 Å². The molecule has 3 aromatic rings. The largest absolute Gasteiger partial charge is 0.458 e. The van der Waals surface area contributed by atoms with Crippen molar-refractivity contribution < 1.29 is 13.9 Å². The number of hydrogen-bond donors (Lipinski definition) is 1. The summed E-state index contributed by atoms with van der Waals surface area (Å²) in [6.45, 7) is 2.00. The van der Waals surface area contributed by atoms with Crippen LogP contribution in [0.1, 0.15) is 23.0 Å². The second-order valence-corrected chi connectivity index (χ2v) is 6.06. The molecule has 1 atom stereocenters. The van der Waals surface area contributed by atoms with Crippen molar-refractivity contribution in [1.29, 1.82) is 0 Å². The van der Waals surface area contributed by atoms with Crippen molar-refractivity contribution in [3.63, 3.8) is 0 Å². The van der Waals surface area contributed by atoms with Gasteiger partial charge in [0.15, 0.2) is 0 Å². The molecule has 0 aliphatic heterocycles. The molecule has 1 N–H and O–H groups in total. The van der Waals surface area contributed by atoms with Gasteiger partial charge in [-0.15, -0.1) is 0 Å². The van der Waals surface area contributed by atoms with Crippen LogP contribution in [0.25, 0.3) is 11.0 Å². The van der Waals surface area contributed by atoms with Crippen LogP contribution in [0.2, 0.25) is 0 Å². The SMILES string of the molecule is Cc1ccc2oc(C(O)Cc3cc(Br)ccc3F)cc2c1. The number of rotatable bonds is 3. The third-order valence-corrected chi connectivity index (χ3v) is 3.93. The Kier molecular flexibility index (Phi) is 3.83. The summed E-state index contributed by atoms with van der Waals surface area (Å²) in [5.74, 6) is 0.124. The molecule has 0 radical (unpaired) electrons. The molecule has 0 aliphatic carbocycles. The van der Waals surface area contributed by atoms with E-state index in [0.717, 1.165) is 21.0 Å². The highest BCUT2D eigenvalue weighted by molar-refractivity contribution is 9.10. The van der Waals surface area contributed by atoms with Crippen LogP contribution in [0.15, 0.2) is 51.4 Å². The molecule has 108 valence electrons. The zero-order valence-electron chi connectivity index (χ0n) is 11.4. The summed E-state index contributed by atoms with van der Waals surface area (Å²) in [6, 6.07) is 12.3. The molecule has 0 saturated carbocycles. The molecule has 2 nitrogen and oxygen atoms in total. The van der Waals surface area contributed by atoms with Gasteiger partial charge in [0.1, 0.15) is 23.3 Å². The van der Waals surface area contributed by atoms with Crippen LogP contribution in [-0.2, 0) is 6.42 Å². The highest BCUT2D eigenvalue weighted by Crippen LogP contribution is 2.28. The molecule has 2 aromatic carbocycles. The predicted molar refractivity (Wildman–Crippen MR) is 83.7 cm³/mol. The smallest absolute Gasteiger partial charge is 0.134 e. The average molecular weight is 349 g/mol. The first kappa shape index (κ1) is 14.3. The number of aryl methyl sites for hydroxylation is 1. The van der Waals surface area contributed by atoms with E-state index in [0.29, 0.717) is 11.3 Å². The number of fused-ring (bicyclic) bond motifs is 1. The van der Waals surface area contributed by atoms with Crippen LogP contribution >= 0.6 is 15.9 Å². The Morgan fingerprint density at radius 3 is 2.81 bits per heavy atom. The van der Waals surface area contributed by atoms with E-state index in [1.54, 1.807) is 12.1 Å². The first-order valence-corrected chi connectivity index (χ1v) is 7.44. The lowest BCUT2D eigenvalue weighted by Crippen LogP contribution is -2.02. The third kappa shape index (κ3) is 3.01. The van der Waals surface area contributed by atoms with Crippen molar-refractivity contribution in [3.8, 4) is 0 Å². The molecule has 21 heavy (non-hydrogen) atoms.